The number of aliphatic hydroxyl groups is 1. The van der Waals surface area contributed by atoms with Gasteiger partial charge in [0.1, 0.15) is 6.23 Å². The number of rotatable bonds is 4. The van der Waals surface area contributed by atoms with E-state index in [1.165, 1.54) is 25.7 Å². The van der Waals surface area contributed by atoms with Crippen LogP contribution in [0.5, 0.6) is 0 Å². The molecule has 0 heterocycles. The second kappa shape index (κ2) is 5.72. The first-order chi connectivity index (χ1) is 6.66. The highest BCUT2D eigenvalue weighted by Crippen LogP contribution is 2.28. The third-order valence-electron chi connectivity index (χ3n) is 3.45. The number of hydrogen-bond acceptors (Lipinski definition) is 2. The van der Waals surface area contributed by atoms with Crippen LogP contribution in [-0.4, -0.2) is 28.8 Å². The molecule has 0 saturated heterocycles. The lowest BCUT2D eigenvalue weighted by Crippen LogP contribution is -2.46. The maximum absolute atomic E-state index is 9.74. The highest BCUT2D eigenvalue weighted by atomic mass is 16.3. The molecule has 1 fully saturated rings. The van der Waals surface area contributed by atoms with Crippen molar-refractivity contribution in [3.63, 3.8) is 0 Å². The van der Waals surface area contributed by atoms with Crippen molar-refractivity contribution >= 4 is 0 Å². The van der Waals surface area contributed by atoms with E-state index in [4.69, 9.17) is 0 Å². The normalized spacial score (nSPS) is 30.6. The van der Waals surface area contributed by atoms with Gasteiger partial charge in [-0.05, 0) is 32.1 Å². The van der Waals surface area contributed by atoms with Crippen LogP contribution in [0.4, 0.5) is 0 Å². The molecule has 1 saturated carbocycles. The quantitative estimate of drug-likeness (QED) is 0.704. The molecule has 0 aromatic rings. The first kappa shape index (κ1) is 12.0. The van der Waals surface area contributed by atoms with Crippen LogP contribution >= 0.6 is 0 Å². The topological polar surface area (TPSA) is 23.5 Å². The van der Waals surface area contributed by atoms with Gasteiger partial charge in [0, 0.05) is 12.6 Å². The Morgan fingerprint density at radius 3 is 2.50 bits per heavy atom. The van der Waals surface area contributed by atoms with E-state index in [9.17, 15) is 5.11 Å². The van der Waals surface area contributed by atoms with Crippen LogP contribution in [0, 0.1) is 5.92 Å². The van der Waals surface area contributed by atoms with E-state index in [1.807, 2.05) is 6.92 Å². The molecule has 2 heteroatoms. The molecule has 0 amide bonds. The van der Waals surface area contributed by atoms with Gasteiger partial charge in [-0.25, -0.2) is 0 Å². The smallest absolute Gasteiger partial charge is 0.104 e. The molecule has 1 N–H and O–H groups in total. The van der Waals surface area contributed by atoms with E-state index in [0.29, 0.717) is 6.04 Å². The Bertz CT molecular complexity index is 156. The largest absolute Gasteiger partial charge is 0.379 e. The Labute approximate surface area is 88.3 Å². The molecule has 1 aliphatic carbocycles. The standard InChI is InChI=1S/C12H25NO/c1-4-9-13(11(3)14)12-8-6-5-7-10(12)2/h10-12,14H,4-9H2,1-3H3. The van der Waals surface area contributed by atoms with Crippen molar-refractivity contribution in [2.45, 2.75) is 65.1 Å². The van der Waals surface area contributed by atoms with Gasteiger partial charge in [-0.1, -0.05) is 26.7 Å². The van der Waals surface area contributed by atoms with Crippen molar-refractivity contribution in [1.29, 1.82) is 0 Å². The monoisotopic (exact) mass is 199 g/mol. The first-order valence-corrected chi connectivity index (χ1v) is 6.10. The molecule has 0 aromatic carbocycles. The molecule has 0 bridgehead atoms. The Kier molecular flexibility index (Phi) is 4.90. The Morgan fingerprint density at radius 1 is 1.36 bits per heavy atom. The van der Waals surface area contributed by atoms with Gasteiger partial charge in [0.15, 0.2) is 0 Å². The maximum Gasteiger partial charge on any atom is 0.104 e. The van der Waals surface area contributed by atoms with Gasteiger partial charge in [0.05, 0.1) is 0 Å². The number of nitrogens with zero attached hydrogens (tertiary/aromatic N) is 1. The average molecular weight is 199 g/mol. The highest BCUT2D eigenvalue weighted by molar-refractivity contribution is 4.81. The van der Waals surface area contributed by atoms with Crippen molar-refractivity contribution in [2.24, 2.45) is 5.92 Å². The van der Waals surface area contributed by atoms with Gasteiger partial charge >= 0.3 is 0 Å². The van der Waals surface area contributed by atoms with Gasteiger partial charge in [0.2, 0.25) is 0 Å². The second-order valence-electron chi connectivity index (χ2n) is 4.70. The van der Waals surface area contributed by atoms with Crippen LogP contribution in [0.1, 0.15) is 52.9 Å². The van der Waals surface area contributed by atoms with E-state index in [0.717, 1.165) is 18.9 Å². The summed E-state index contributed by atoms with van der Waals surface area (Å²) in [5, 5.41) is 9.74. The summed E-state index contributed by atoms with van der Waals surface area (Å²) in [5.41, 5.74) is 0. The van der Waals surface area contributed by atoms with Gasteiger partial charge in [0.25, 0.3) is 0 Å². The van der Waals surface area contributed by atoms with Crippen molar-refractivity contribution in [3.8, 4) is 0 Å². The molecule has 0 radical (unpaired) electrons. The van der Waals surface area contributed by atoms with Gasteiger partial charge in [-0.15, -0.1) is 0 Å². The van der Waals surface area contributed by atoms with Crippen LogP contribution in [0.25, 0.3) is 0 Å². The Hall–Kier alpha value is -0.0800. The minimum absolute atomic E-state index is 0.277. The number of hydrogen-bond donors (Lipinski definition) is 1. The molecule has 14 heavy (non-hydrogen) atoms. The lowest BCUT2D eigenvalue weighted by atomic mass is 9.84. The summed E-state index contributed by atoms with van der Waals surface area (Å²) in [6.07, 6.45) is 6.16. The Morgan fingerprint density at radius 2 is 2.00 bits per heavy atom. The van der Waals surface area contributed by atoms with Crippen molar-refractivity contribution in [3.05, 3.63) is 0 Å². The Balaban J connectivity index is 2.55. The zero-order valence-electron chi connectivity index (χ0n) is 9.87. The summed E-state index contributed by atoms with van der Waals surface area (Å²) in [6.45, 7) is 7.45. The zero-order chi connectivity index (χ0) is 10.6. The van der Waals surface area contributed by atoms with Crippen LogP contribution in [-0.2, 0) is 0 Å². The molecular formula is C12H25NO. The summed E-state index contributed by atoms with van der Waals surface area (Å²) in [7, 11) is 0. The van der Waals surface area contributed by atoms with E-state index < -0.39 is 0 Å². The zero-order valence-corrected chi connectivity index (χ0v) is 9.87. The van der Waals surface area contributed by atoms with E-state index in [-0.39, 0.29) is 6.23 Å². The summed E-state index contributed by atoms with van der Waals surface area (Å²) < 4.78 is 0. The lowest BCUT2D eigenvalue weighted by molar-refractivity contribution is -0.0370. The molecule has 0 spiro atoms. The van der Waals surface area contributed by atoms with E-state index in [1.54, 1.807) is 0 Å². The van der Waals surface area contributed by atoms with Crippen LogP contribution < -0.4 is 0 Å². The van der Waals surface area contributed by atoms with Crippen molar-refractivity contribution < 1.29 is 5.11 Å². The molecule has 84 valence electrons. The molecule has 1 aliphatic rings. The third kappa shape index (κ3) is 2.96. The molecular weight excluding hydrogens is 174 g/mol. The average Bonchev–Trinajstić information content (AvgIpc) is 2.15. The molecule has 3 atom stereocenters. The molecule has 2 nitrogen and oxygen atoms in total. The summed E-state index contributed by atoms with van der Waals surface area (Å²) in [6, 6.07) is 0.615. The fourth-order valence-corrected chi connectivity index (χ4v) is 2.68. The van der Waals surface area contributed by atoms with Crippen LogP contribution in [0.2, 0.25) is 0 Å². The minimum Gasteiger partial charge on any atom is -0.379 e. The highest BCUT2D eigenvalue weighted by Gasteiger charge is 2.28. The van der Waals surface area contributed by atoms with E-state index in [2.05, 4.69) is 18.7 Å². The summed E-state index contributed by atoms with van der Waals surface area (Å²) >= 11 is 0. The molecule has 3 unspecified atom stereocenters. The summed E-state index contributed by atoms with van der Waals surface area (Å²) in [4.78, 5) is 2.28. The van der Waals surface area contributed by atoms with Crippen LogP contribution in [0.3, 0.4) is 0 Å². The lowest BCUT2D eigenvalue weighted by Gasteiger charge is -2.40. The maximum atomic E-state index is 9.74. The van der Waals surface area contributed by atoms with Gasteiger partial charge < -0.3 is 5.11 Å². The van der Waals surface area contributed by atoms with Gasteiger partial charge in [-0.2, -0.15) is 0 Å². The minimum atomic E-state index is -0.277. The molecule has 0 aliphatic heterocycles. The summed E-state index contributed by atoms with van der Waals surface area (Å²) in [5.74, 6) is 0.755. The molecule has 1 rings (SSSR count). The second-order valence-corrected chi connectivity index (χ2v) is 4.70. The fourth-order valence-electron chi connectivity index (χ4n) is 2.68. The van der Waals surface area contributed by atoms with Crippen LogP contribution in [0.15, 0.2) is 0 Å². The predicted molar refractivity (Wildman–Crippen MR) is 60.1 cm³/mol. The van der Waals surface area contributed by atoms with E-state index >= 15 is 0 Å². The van der Waals surface area contributed by atoms with Crippen molar-refractivity contribution in [2.75, 3.05) is 6.54 Å². The fraction of sp³-hybridized carbons (Fsp3) is 1.00. The SMILES string of the molecule is CCCN(C(C)O)C1CCCCC1C. The third-order valence-corrected chi connectivity index (χ3v) is 3.45. The number of aliphatic hydroxyl groups excluding tert-OH is 1. The molecule has 0 aromatic heterocycles. The van der Waals surface area contributed by atoms with Crippen molar-refractivity contribution in [1.82, 2.24) is 4.90 Å². The van der Waals surface area contributed by atoms with Gasteiger partial charge in [-0.3, -0.25) is 4.90 Å². The first-order valence-electron chi connectivity index (χ1n) is 6.10. The predicted octanol–water partition coefficient (Wildman–Crippen LogP) is 2.62.